The summed E-state index contributed by atoms with van der Waals surface area (Å²) in [4.78, 5) is 6.52. The molecule has 2 rings (SSSR count). The third-order valence-corrected chi connectivity index (χ3v) is 3.37. The van der Waals surface area contributed by atoms with E-state index in [1.165, 1.54) is 5.56 Å². The monoisotopic (exact) mass is 247 g/mol. The van der Waals surface area contributed by atoms with E-state index in [9.17, 15) is 0 Å². The highest BCUT2D eigenvalue weighted by atomic mass is 16.5. The van der Waals surface area contributed by atoms with Crippen molar-refractivity contribution in [2.24, 2.45) is 10.7 Å². The first-order chi connectivity index (χ1) is 8.77. The average Bonchev–Trinajstić information content (AvgIpc) is 2.46. The molecule has 1 fully saturated rings. The first kappa shape index (κ1) is 12.9. The van der Waals surface area contributed by atoms with Gasteiger partial charge in [-0.3, -0.25) is 0 Å². The molecule has 0 radical (unpaired) electrons. The minimum absolute atomic E-state index is 0.457. The number of hydrogen-bond donors (Lipinski definition) is 1. The largest absolute Gasteiger partial charge is 0.381 e. The van der Waals surface area contributed by atoms with Crippen molar-refractivity contribution in [2.75, 3.05) is 20.3 Å². The van der Waals surface area contributed by atoms with Gasteiger partial charge >= 0.3 is 0 Å². The summed E-state index contributed by atoms with van der Waals surface area (Å²) >= 11 is 0. The van der Waals surface area contributed by atoms with Gasteiger partial charge in [0.05, 0.1) is 6.54 Å². The van der Waals surface area contributed by atoms with Crippen LogP contribution in [0.5, 0.6) is 0 Å². The summed E-state index contributed by atoms with van der Waals surface area (Å²) in [5, 5.41) is 0. The zero-order chi connectivity index (χ0) is 12.8. The SMILES string of the molecule is CN(C(N)=NCc1ccccc1)C1CCOCC1. The van der Waals surface area contributed by atoms with Gasteiger partial charge in [0.25, 0.3) is 0 Å². The molecule has 4 heteroatoms. The number of rotatable bonds is 3. The summed E-state index contributed by atoms with van der Waals surface area (Å²) in [6, 6.07) is 10.6. The second kappa shape index (κ2) is 6.40. The molecule has 2 N–H and O–H groups in total. The standard InChI is InChI=1S/C14H21N3O/c1-17(13-7-9-18-10-8-13)14(15)16-11-12-5-3-2-4-6-12/h2-6,13H,7-11H2,1H3,(H2,15,16). The minimum Gasteiger partial charge on any atom is -0.381 e. The van der Waals surface area contributed by atoms with Crippen LogP contribution in [0, 0.1) is 0 Å². The van der Waals surface area contributed by atoms with Crippen LogP contribution in [0.2, 0.25) is 0 Å². The van der Waals surface area contributed by atoms with Crippen molar-refractivity contribution >= 4 is 5.96 Å². The topological polar surface area (TPSA) is 50.8 Å². The molecule has 1 heterocycles. The van der Waals surface area contributed by atoms with Crippen molar-refractivity contribution in [1.29, 1.82) is 0 Å². The van der Waals surface area contributed by atoms with Crippen LogP contribution in [-0.2, 0) is 11.3 Å². The number of aliphatic imine (C=N–C) groups is 1. The molecule has 0 unspecified atom stereocenters. The van der Waals surface area contributed by atoms with E-state index >= 15 is 0 Å². The summed E-state index contributed by atoms with van der Waals surface area (Å²) in [5.74, 6) is 0.616. The summed E-state index contributed by atoms with van der Waals surface area (Å²) in [7, 11) is 2.01. The second-order valence-electron chi connectivity index (χ2n) is 4.61. The molecule has 1 aliphatic heterocycles. The Morgan fingerprint density at radius 2 is 2.00 bits per heavy atom. The molecule has 1 aromatic carbocycles. The first-order valence-corrected chi connectivity index (χ1v) is 6.42. The summed E-state index contributed by atoms with van der Waals surface area (Å²) in [6.07, 6.45) is 2.05. The molecular formula is C14H21N3O. The van der Waals surface area contributed by atoms with Crippen molar-refractivity contribution in [2.45, 2.75) is 25.4 Å². The highest BCUT2D eigenvalue weighted by molar-refractivity contribution is 5.78. The van der Waals surface area contributed by atoms with Gasteiger partial charge in [0.15, 0.2) is 5.96 Å². The van der Waals surface area contributed by atoms with E-state index in [0.717, 1.165) is 26.1 Å². The Balaban J connectivity index is 1.91. The fourth-order valence-electron chi connectivity index (χ4n) is 2.13. The number of ether oxygens (including phenoxy) is 1. The normalized spacial score (nSPS) is 17.7. The fraction of sp³-hybridized carbons (Fsp3) is 0.500. The van der Waals surface area contributed by atoms with Gasteiger partial charge in [0.1, 0.15) is 0 Å². The maximum Gasteiger partial charge on any atom is 0.191 e. The zero-order valence-corrected chi connectivity index (χ0v) is 10.9. The zero-order valence-electron chi connectivity index (χ0n) is 10.9. The predicted molar refractivity (Wildman–Crippen MR) is 73.4 cm³/mol. The van der Waals surface area contributed by atoms with Crippen LogP contribution in [0.25, 0.3) is 0 Å². The molecule has 4 nitrogen and oxygen atoms in total. The van der Waals surface area contributed by atoms with Crippen LogP contribution in [0.15, 0.2) is 35.3 Å². The lowest BCUT2D eigenvalue weighted by atomic mass is 10.1. The van der Waals surface area contributed by atoms with Crippen molar-refractivity contribution in [3.63, 3.8) is 0 Å². The van der Waals surface area contributed by atoms with E-state index in [0.29, 0.717) is 18.5 Å². The van der Waals surface area contributed by atoms with E-state index in [1.54, 1.807) is 0 Å². The van der Waals surface area contributed by atoms with Gasteiger partial charge in [-0.2, -0.15) is 0 Å². The predicted octanol–water partition coefficient (Wildman–Crippen LogP) is 1.61. The Hall–Kier alpha value is -1.55. The molecular weight excluding hydrogens is 226 g/mol. The fourth-order valence-corrected chi connectivity index (χ4v) is 2.13. The Labute approximate surface area is 108 Å². The van der Waals surface area contributed by atoms with E-state index < -0.39 is 0 Å². The highest BCUT2D eigenvalue weighted by Crippen LogP contribution is 2.12. The summed E-state index contributed by atoms with van der Waals surface area (Å²) < 4.78 is 5.35. The summed E-state index contributed by atoms with van der Waals surface area (Å²) in [6.45, 7) is 2.28. The van der Waals surface area contributed by atoms with Crippen molar-refractivity contribution in [1.82, 2.24) is 4.90 Å². The Bertz CT molecular complexity index is 385. The molecule has 0 atom stereocenters. The molecule has 1 aromatic rings. The van der Waals surface area contributed by atoms with E-state index in [2.05, 4.69) is 22.0 Å². The van der Waals surface area contributed by atoms with Gasteiger partial charge in [-0.15, -0.1) is 0 Å². The molecule has 0 saturated carbocycles. The van der Waals surface area contributed by atoms with E-state index in [-0.39, 0.29) is 0 Å². The lowest BCUT2D eigenvalue weighted by Gasteiger charge is -2.31. The molecule has 98 valence electrons. The van der Waals surface area contributed by atoms with Crippen LogP contribution in [-0.4, -0.2) is 37.2 Å². The Morgan fingerprint density at radius 1 is 1.33 bits per heavy atom. The third kappa shape index (κ3) is 3.47. The van der Waals surface area contributed by atoms with Crippen molar-refractivity contribution < 1.29 is 4.74 Å². The minimum atomic E-state index is 0.457. The van der Waals surface area contributed by atoms with Crippen LogP contribution >= 0.6 is 0 Å². The van der Waals surface area contributed by atoms with Crippen LogP contribution in [0.1, 0.15) is 18.4 Å². The second-order valence-corrected chi connectivity index (χ2v) is 4.61. The maximum absolute atomic E-state index is 6.03. The lowest BCUT2D eigenvalue weighted by Crippen LogP contribution is -2.44. The van der Waals surface area contributed by atoms with E-state index in [4.69, 9.17) is 10.5 Å². The third-order valence-electron chi connectivity index (χ3n) is 3.37. The molecule has 0 spiro atoms. The molecule has 18 heavy (non-hydrogen) atoms. The van der Waals surface area contributed by atoms with E-state index in [1.807, 2.05) is 25.2 Å². The smallest absolute Gasteiger partial charge is 0.191 e. The molecule has 1 saturated heterocycles. The number of nitrogens with two attached hydrogens (primary N) is 1. The Kier molecular flexibility index (Phi) is 4.59. The maximum atomic E-state index is 6.03. The molecule has 0 bridgehead atoms. The van der Waals surface area contributed by atoms with Gasteiger partial charge in [-0.05, 0) is 18.4 Å². The van der Waals surface area contributed by atoms with Crippen molar-refractivity contribution in [3.8, 4) is 0 Å². The van der Waals surface area contributed by atoms with Gasteiger partial charge in [-0.1, -0.05) is 30.3 Å². The number of guanidine groups is 1. The molecule has 0 amide bonds. The molecule has 0 aromatic heterocycles. The first-order valence-electron chi connectivity index (χ1n) is 6.42. The molecule has 0 aliphatic carbocycles. The van der Waals surface area contributed by atoms with Gasteiger partial charge in [-0.25, -0.2) is 4.99 Å². The van der Waals surface area contributed by atoms with Gasteiger partial charge in [0, 0.05) is 26.3 Å². The Morgan fingerprint density at radius 3 is 2.67 bits per heavy atom. The number of benzene rings is 1. The highest BCUT2D eigenvalue weighted by Gasteiger charge is 2.19. The average molecular weight is 247 g/mol. The van der Waals surface area contributed by atoms with Crippen molar-refractivity contribution in [3.05, 3.63) is 35.9 Å². The van der Waals surface area contributed by atoms with Crippen LogP contribution < -0.4 is 5.73 Å². The molecule has 1 aliphatic rings. The van der Waals surface area contributed by atoms with Crippen LogP contribution in [0.3, 0.4) is 0 Å². The van der Waals surface area contributed by atoms with Gasteiger partial charge in [0.2, 0.25) is 0 Å². The number of nitrogens with zero attached hydrogens (tertiary/aromatic N) is 2. The quantitative estimate of drug-likeness (QED) is 0.652. The summed E-state index contributed by atoms with van der Waals surface area (Å²) in [5.41, 5.74) is 7.21. The van der Waals surface area contributed by atoms with Crippen LogP contribution in [0.4, 0.5) is 0 Å². The lowest BCUT2D eigenvalue weighted by molar-refractivity contribution is 0.0602. The van der Waals surface area contributed by atoms with Gasteiger partial charge < -0.3 is 15.4 Å². The number of hydrogen-bond acceptors (Lipinski definition) is 2.